The van der Waals surface area contributed by atoms with E-state index < -0.39 is 0 Å². The van der Waals surface area contributed by atoms with E-state index in [0.29, 0.717) is 0 Å². The molecule has 3 rings (SSSR count). The van der Waals surface area contributed by atoms with Crippen LogP contribution in [0.3, 0.4) is 0 Å². The Bertz CT molecular complexity index is 84.7. The van der Waals surface area contributed by atoms with Crippen molar-refractivity contribution in [3.8, 4) is 0 Å². The topological polar surface area (TPSA) is 0 Å². The van der Waals surface area contributed by atoms with Gasteiger partial charge in [0.25, 0.3) is 0 Å². The second-order valence-corrected chi connectivity index (χ2v) is 3.42. The Morgan fingerprint density at radius 2 is 2.12 bits per heavy atom. The average molecular weight is 109 g/mol. The van der Waals surface area contributed by atoms with Crippen molar-refractivity contribution in [2.24, 2.45) is 11.8 Å². The molecule has 0 nitrogen and oxygen atoms in total. The lowest BCUT2D eigenvalue weighted by Crippen LogP contribution is -2.33. The summed E-state index contributed by atoms with van der Waals surface area (Å²) in [5.74, 6) is 3.99. The standard InChI is InChI=1S/C8H13/c1-6-2-3-7-4-8(6)5-7/h7-8H,2-5H2,1H3/q+1. The quantitative estimate of drug-likeness (QED) is 0.419. The van der Waals surface area contributed by atoms with Crippen LogP contribution < -0.4 is 0 Å². The Kier molecular flexibility index (Phi) is 0.843. The van der Waals surface area contributed by atoms with Crippen molar-refractivity contribution in [1.29, 1.82) is 0 Å². The van der Waals surface area contributed by atoms with Crippen molar-refractivity contribution in [3.63, 3.8) is 0 Å². The summed E-state index contributed by atoms with van der Waals surface area (Å²) in [4.78, 5) is 0. The summed E-state index contributed by atoms with van der Waals surface area (Å²) >= 11 is 0. The van der Waals surface area contributed by atoms with Crippen LogP contribution in [0.2, 0.25) is 0 Å². The monoisotopic (exact) mass is 109 g/mol. The van der Waals surface area contributed by atoms with Crippen LogP contribution in [0.1, 0.15) is 32.6 Å². The van der Waals surface area contributed by atoms with Crippen LogP contribution in [0, 0.1) is 17.8 Å². The van der Waals surface area contributed by atoms with Gasteiger partial charge in [0.1, 0.15) is 5.92 Å². The van der Waals surface area contributed by atoms with E-state index in [1.165, 1.54) is 25.7 Å². The molecule has 0 aliphatic heterocycles. The smallest absolute Gasteiger partial charge is 0.0287 e. The molecule has 3 fully saturated rings. The van der Waals surface area contributed by atoms with Gasteiger partial charge in [-0.2, -0.15) is 0 Å². The second-order valence-electron chi connectivity index (χ2n) is 3.42. The summed E-state index contributed by atoms with van der Waals surface area (Å²) in [6.07, 6.45) is 6.01. The minimum absolute atomic E-state index is 1.06. The molecule has 3 aliphatic carbocycles. The number of hydrogen-bond donors (Lipinski definition) is 0. The van der Waals surface area contributed by atoms with Crippen molar-refractivity contribution in [2.75, 3.05) is 0 Å². The first kappa shape index (κ1) is 4.72. The fourth-order valence-corrected chi connectivity index (χ4v) is 2.01. The highest BCUT2D eigenvalue weighted by Gasteiger charge is 2.45. The minimum atomic E-state index is 1.06. The van der Waals surface area contributed by atoms with Gasteiger partial charge in [-0.15, -0.1) is 0 Å². The summed E-state index contributed by atoms with van der Waals surface area (Å²) in [6, 6.07) is 0. The largest absolute Gasteiger partial charge is 0.100 e. The highest BCUT2D eigenvalue weighted by molar-refractivity contribution is 5.04. The molecule has 0 N–H and O–H groups in total. The molecule has 0 saturated heterocycles. The van der Waals surface area contributed by atoms with E-state index in [0.717, 1.165) is 11.8 Å². The van der Waals surface area contributed by atoms with E-state index in [-0.39, 0.29) is 0 Å². The van der Waals surface area contributed by atoms with Crippen molar-refractivity contribution in [2.45, 2.75) is 32.6 Å². The number of rotatable bonds is 0. The molecule has 0 heteroatoms. The van der Waals surface area contributed by atoms with Crippen molar-refractivity contribution >= 4 is 0 Å². The molecule has 0 amide bonds. The molecule has 0 aromatic carbocycles. The summed E-state index contributed by atoms with van der Waals surface area (Å²) in [5.41, 5.74) is 0. The van der Waals surface area contributed by atoms with Gasteiger partial charge in [0.15, 0.2) is 0 Å². The van der Waals surface area contributed by atoms with Gasteiger partial charge in [-0.1, -0.05) is 0 Å². The Labute approximate surface area is 51.3 Å². The molecule has 0 radical (unpaired) electrons. The molecule has 8 heavy (non-hydrogen) atoms. The lowest BCUT2D eigenvalue weighted by Gasteiger charge is -2.37. The zero-order valence-corrected chi connectivity index (χ0v) is 5.48. The zero-order chi connectivity index (χ0) is 5.56. The third-order valence-corrected chi connectivity index (χ3v) is 2.88. The Balaban J connectivity index is 2.01. The van der Waals surface area contributed by atoms with E-state index in [4.69, 9.17) is 0 Å². The summed E-state index contributed by atoms with van der Waals surface area (Å²) in [7, 11) is 0. The average Bonchev–Trinajstić information content (AvgIpc) is 1.62. The molecule has 0 heterocycles. The third-order valence-electron chi connectivity index (χ3n) is 2.88. The number of fused-ring (bicyclic) bond motifs is 2. The molecule has 0 spiro atoms. The first-order valence-electron chi connectivity index (χ1n) is 3.68. The minimum Gasteiger partial charge on any atom is -0.0287 e. The van der Waals surface area contributed by atoms with Gasteiger partial charge in [-0.3, -0.25) is 0 Å². The molecule has 44 valence electrons. The van der Waals surface area contributed by atoms with E-state index in [1.807, 2.05) is 0 Å². The maximum absolute atomic E-state index is 2.33. The number of hydrogen-bond acceptors (Lipinski definition) is 0. The molecule has 0 atom stereocenters. The zero-order valence-electron chi connectivity index (χ0n) is 5.48. The first-order chi connectivity index (χ1) is 3.86. The van der Waals surface area contributed by atoms with Crippen molar-refractivity contribution < 1.29 is 0 Å². The van der Waals surface area contributed by atoms with E-state index in [2.05, 4.69) is 6.92 Å². The molecule has 0 unspecified atom stereocenters. The van der Waals surface area contributed by atoms with Crippen LogP contribution in [0.5, 0.6) is 0 Å². The van der Waals surface area contributed by atoms with Crippen molar-refractivity contribution in [1.82, 2.24) is 0 Å². The predicted octanol–water partition coefficient (Wildman–Crippen LogP) is 2.40. The molecule has 0 aromatic heterocycles. The van der Waals surface area contributed by atoms with E-state index in [9.17, 15) is 0 Å². The van der Waals surface area contributed by atoms with E-state index >= 15 is 0 Å². The second kappa shape index (κ2) is 1.43. The van der Waals surface area contributed by atoms with Gasteiger partial charge < -0.3 is 0 Å². The molecule has 3 aliphatic rings. The van der Waals surface area contributed by atoms with Gasteiger partial charge in [0.2, 0.25) is 0 Å². The van der Waals surface area contributed by atoms with Gasteiger partial charge in [0, 0.05) is 0 Å². The lowest BCUT2D eigenvalue weighted by atomic mass is 9.61. The normalized spacial score (nSPS) is 43.9. The fraction of sp³-hybridized carbons (Fsp3) is 0.875. The summed E-state index contributed by atoms with van der Waals surface area (Å²) < 4.78 is 0. The maximum Gasteiger partial charge on any atom is 0.100 e. The highest BCUT2D eigenvalue weighted by Crippen LogP contribution is 2.49. The summed E-state index contributed by atoms with van der Waals surface area (Å²) in [6.45, 7) is 2.33. The van der Waals surface area contributed by atoms with Crippen LogP contribution >= 0.6 is 0 Å². The SMILES string of the molecule is C[C+]1CCC2CC1C2. The lowest BCUT2D eigenvalue weighted by molar-refractivity contribution is 0.141. The van der Waals surface area contributed by atoms with Crippen molar-refractivity contribution in [3.05, 3.63) is 5.92 Å². The Hall–Kier alpha value is -0.130. The molecular weight excluding hydrogens is 96.1 g/mol. The predicted molar refractivity (Wildman–Crippen MR) is 34.4 cm³/mol. The fourth-order valence-electron chi connectivity index (χ4n) is 2.01. The maximum atomic E-state index is 2.33. The van der Waals surface area contributed by atoms with Crippen LogP contribution in [0.15, 0.2) is 0 Å². The Morgan fingerprint density at radius 3 is 2.38 bits per heavy atom. The van der Waals surface area contributed by atoms with E-state index in [1.54, 1.807) is 5.92 Å². The van der Waals surface area contributed by atoms with Crippen LogP contribution in [0.25, 0.3) is 0 Å². The van der Waals surface area contributed by atoms with Gasteiger partial charge in [-0.25, -0.2) is 0 Å². The van der Waals surface area contributed by atoms with Crippen LogP contribution in [-0.2, 0) is 0 Å². The highest BCUT2D eigenvalue weighted by atomic mass is 14.4. The molecular formula is C8H13+. The Morgan fingerprint density at radius 1 is 1.38 bits per heavy atom. The molecule has 0 aromatic rings. The molecule has 3 saturated carbocycles. The first-order valence-corrected chi connectivity index (χ1v) is 3.68. The van der Waals surface area contributed by atoms with Crippen LogP contribution in [-0.4, -0.2) is 0 Å². The third kappa shape index (κ3) is 0.489. The van der Waals surface area contributed by atoms with Gasteiger partial charge >= 0.3 is 0 Å². The van der Waals surface area contributed by atoms with Gasteiger partial charge in [-0.05, 0) is 25.2 Å². The summed E-state index contributed by atoms with van der Waals surface area (Å²) in [5, 5.41) is 0. The molecule has 2 bridgehead atoms. The van der Waals surface area contributed by atoms with Gasteiger partial charge in [0.05, 0.1) is 19.3 Å². The van der Waals surface area contributed by atoms with Crippen LogP contribution in [0.4, 0.5) is 0 Å².